The first kappa shape index (κ1) is 14.1. The maximum Gasteiger partial charge on any atom is 0.134 e. The van der Waals surface area contributed by atoms with Crippen LogP contribution in [0.4, 0.5) is 0 Å². The molecule has 0 spiro atoms. The lowest BCUT2D eigenvalue weighted by atomic mass is 10.0. The molecule has 0 aliphatic carbocycles. The number of para-hydroxylation sites is 1. The highest BCUT2D eigenvalue weighted by Crippen LogP contribution is 2.28. The lowest BCUT2D eigenvalue weighted by Crippen LogP contribution is -2.20. The molecule has 2 rings (SSSR count). The first-order valence-corrected chi connectivity index (χ1v) is 7.26. The van der Waals surface area contributed by atoms with Gasteiger partial charge in [-0.15, -0.1) is 0 Å². The molecule has 0 heterocycles. The fourth-order valence-corrected chi connectivity index (χ4v) is 2.53. The molecule has 0 aliphatic rings. The number of rotatable bonds is 5. The van der Waals surface area contributed by atoms with E-state index in [1.54, 1.807) is 0 Å². The van der Waals surface area contributed by atoms with Crippen LogP contribution in [0.5, 0.6) is 5.75 Å². The molecule has 3 heteroatoms. The van der Waals surface area contributed by atoms with Crippen molar-refractivity contribution in [1.29, 1.82) is 0 Å². The maximum absolute atomic E-state index is 9.97. The van der Waals surface area contributed by atoms with Crippen molar-refractivity contribution in [2.75, 3.05) is 0 Å². The Morgan fingerprint density at radius 1 is 1.11 bits per heavy atom. The summed E-state index contributed by atoms with van der Waals surface area (Å²) in [4.78, 5) is 0. The Hall–Kier alpha value is -1.32. The van der Waals surface area contributed by atoms with E-state index in [1.165, 1.54) is 5.56 Å². The number of nitrogens with one attached hydrogen (secondary N) is 1. The Labute approximate surface area is 122 Å². The van der Waals surface area contributed by atoms with Crippen molar-refractivity contribution in [3.05, 3.63) is 64.1 Å². The molecule has 19 heavy (non-hydrogen) atoms. The predicted molar refractivity (Wildman–Crippen MR) is 82.1 cm³/mol. The van der Waals surface area contributed by atoms with Gasteiger partial charge in [0.15, 0.2) is 0 Å². The zero-order chi connectivity index (χ0) is 13.7. The third-order valence-corrected chi connectivity index (χ3v) is 3.86. The Morgan fingerprint density at radius 2 is 1.84 bits per heavy atom. The van der Waals surface area contributed by atoms with Crippen molar-refractivity contribution in [3.8, 4) is 5.75 Å². The van der Waals surface area contributed by atoms with E-state index in [0.717, 1.165) is 16.5 Å². The van der Waals surface area contributed by atoms with Gasteiger partial charge in [0.25, 0.3) is 0 Å². The molecule has 0 aromatic heterocycles. The van der Waals surface area contributed by atoms with Gasteiger partial charge in [-0.3, -0.25) is 0 Å². The minimum atomic E-state index is 0.305. The Kier molecular flexibility index (Phi) is 5.00. The average molecular weight is 320 g/mol. The van der Waals surface area contributed by atoms with Gasteiger partial charge in [-0.1, -0.05) is 49.4 Å². The second-order valence-corrected chi connectivity index (χ2v) is 5.35. The monoisotopic (exact) mass is 319 g/mol. The van der Waals surface area contributed by atoms with E-state index in [4.69, 9.17) is 0 Å². The molecule has 0 aliphatic heterocycles. The Bertz CT molecular complexity index is 528. The molecule has 0 saturated heterocycles. The molecule has 0 bridgehead atoms. The molecular weight excluding hydrogens is 302 g/mol. The second-order valence-electron chi connectivity index (χ2n) is 4.50. The molecule has 2 aromatic carbocycles. The van der Waals surface area contributed by atoms with E-state index in [9.17, 15) is 5.11 Å². The molecule has 0 fully saturated rings. The van der Waals surface area contributed by atoms with Crippen LogP contribution < -0.4 is 5.32 Å². The molecule has 2 N–H and O–H groups in total. The molecule has 1 atom stereocenters. The fraction of sp³-hybridized carbons (Fsp3) is 0.250. The summed E-state index contributed by atoms with van der Waals surface area (Å²) in [6.07, 6.45) is 1.01. The SMILES string of the molecule is CCC(NCc1cccc(Br)c1O)c1ccccc1. The number of aromatic hydroxyl groups is 1. The van der Waals surface area contributed by atoms with Gasteiger partial charge in [-0.2, -0.15) is 0 Å². The maximum atomic E-state index is 9.97. The van der Waals surface area contributed by atoms with E-state index in [1.807, 2.05) is 24.3 Å². The molecular formula is C16H18BrNO. The fourth-order valence-electron chi connectivity index (χ4n) is 2.12. The first-order valence-electron chi connectivity index (χ1n) is 6.47. The van der Waals surface area contributed by atoms with E-state index in [2.05, 4.69) is 52.4 Å². The van der Waals surface area contributed by atoms with E-state index in [0.29, 0.717) is 18.3 Å². The van der Waals surface area contributed by atoms with Gasteiger partial charge in [0.1, 0.15) is 5.75 Å². The largest absolute Gasteiger partial charge is 0.506 e. The van der Waals surface area contributed by atoms with Crippen molar-refractivity contribution in [2.24, 2.45) is 0 Å². The summed E-state index contributed by atoms with van der Waals surface area (Å²) in [5, 5.41) is 13.5. The quantitative estimate of drug-likeness (QED) is 0.856. The average Bonchev–Trinajstić information content (AvgIpc) is 2.45. The topological polar surface area (TPSA) is 32.3 Å². The molecule has 2 aromatic rings. The summed E-state index contributed by atoms with van der Waals surface area (Å²) < 4.78 is 0.736. The van der Waals surface area contributed by atoms with Crippen LogP contribution in [0.1, 0.15) is 30.5 Å². The predicted octanol–water partition coefficient (Wildman–Crippen LogP) is 4.40. The van der Waals surface area contributed by atoms with Crippen molar-refractivity contribution in [2.45, 2.75) is 25.9 Å². The van der Waals surface area contributed by atoms with Gasteiger partial charge >= 0.3 is 0 Å². The van der Waals surface area contributed by atoms with E-state index >= 15 is 0 Å². The van der Waals surface area contributed by atoms with Crippen molar-refractivity contribution < 1.29 is 5.11 Å². The molecule has 0 saturated carbocycles. The number of benzene rings is 2. The number of halogens is 1. The lowest BCUT2D eigenvalue weighted by Gasteiger charge is -2.18. The summed E-state index contributed by atoms with van der Waals surface area (Å²) >= 11 is 3.34. The van der Waals surface area contributed by atoms with Crippen LogP contribution in [-0.2, 0) is 6.54 Å². The van der Waals surface area contributed by atoms with E-state index < -0.39 is 0 Å². The van der Waals surface area contributed by atoms with Crippen LogP contribution in [0, 0.1) is 0 Å². The smallest absolute Gasteiger partial charge is 0.134 e. The third-order valence-electron chi connectivity index (χ3n) is 3.22. The zero-order valence-electron chi connectivity index (χ0n) is 10.9. The van der Waals surface area contributed by atoms with Crippen LogP contribution in [0.2, 0.25) is 0 Å². The summed E-state index contributed by atoms with van der Waals surface area (Å²) in [5.74, 6) is 0.318. The molecule has 0 amide bonds. The Balaban J connectivity index is 2.06. The normalized spacial score (nSPS) is 12.3. The van der Waals surface area contributed by atoms with Gasteiger partial charge in [0, 0.05) is 18.2 Å². The number of hydrogen-bond donors (Lipinski definition) is 2. The van der Waals surface area contributed by atoms with Gasteiger partial charge in [-0.25, -0.2) is 0 Å². The summed E-state index contributed by atoms with van der Waals surface area (Å²) in [6.45, 7) is 2.81. The summed E-state index contributed by atoms with van der Waals surface area (Å²) in [7, 11) is 0. The van der Waals surface area contributed by atoms with Crippen molar-refractivity contribution in [3.63, 3.8) is 0 Å². The van der Waals surface area contributed by atoms with Gasteiger partial charge in [-0.05, 0) is 34.0 Å². The molecule has 1 unspecified atom stereocenters. The first-order chi connectivity index (χ1) is 9.22. The summed E-state index contributed by atoms with van der Waals surface area (Å²) in [6, 6.07) is 16.4. The lowest BCUT2D eigenvalue weighted by molar-refractivity contribution is 0.452. The minimum absolute atomic E-state index is 0.305. The van der Waals surface area contributed by atoms with Crippen LogP contribution in [0.3, 0.4) is 0 Å². The number of phenolic OH excluding ortho intramolecular Hbond substituents is 1. The van der Waals surface area contributed by atoms with Gasteiger partial charge in [0.2, 0.25) is 0 Å². The minimum Gasteiger partial charge on any atom is -0.506 e. The van der Waals surface area contributed by atoms with Crippen LogP contribution in [0.25, 0.3) is 0 Å². The van der Waals surface area contributed by atoms with Crippen LogP contribution in [-0.4, -0.2) is 5.11 Å². The van der Waals surface area contributed by atoms with E-state index in [-0.39, 0.29) is 0 Å². The Morgan fingerprint density at radius 3 is 2.53 bits per heavy atom. The van der Waals surface area contributed by atoms with Crippen molar-refractivity contribution >= 4 is 15.9 Å². The zero-order valence-corrected chi connectivity index (χ0v) is 12.5. The highest BCUT2D eigenvalue weighted by atomic mass is 79.9. The summed E-state index contributed by atoms with van der Waals surface area (Å²) in [5.41, 5.74) is 2.18. The van der Waals surface area contributed by atoms with Crippen LogP contribution >= 0.6 is 15.9 Å². The van der Waals surface area contributed by atoms with Gasteiger partial charge < -0.3 is 10.4 Å². The number of phenols is 1. The second kappa shape index (κ2) is 6.73. The molecule has 100 valence electrons. The van der Waals surface area contributed by atoms with Crippen molar-refractivity contribution in [1.82, 2.24) is 5.32 Å². The van der Waals surface area contributed by atoms with Crippen LogP contribution in [0.15, 0.2) is 53.0 Å². The standard InChI is InChI=1S/C16H18BrNO/c1-2-15(12-7-4-3-5-8-12)18-11-13-9-6-10-14(17)16(13)19/h3-10,15,18-19H,2,11H2,1H3. The third kappa shape index (κ3) is 3.58. The number of hydrogen-bond acceptors (Lipinski definition) is 2. The molecule has 0 radical (unpaired) electrons. The van der Waals surface area contributed by atoms with Gasteiger partial charge in [0.05, 0.1) is 4.47 Å². The highest BCUT2D eigenvalue weighted by molar-refractivity contribution is 9.10. The molecule has 2 nitrogen and oxygen atoms in total. The highest BCUT2D eigenvalue weighted by Gasteiger charge is 2.10.